The van der Waals surface area contributed by atoms with Gasteiger partial charge in [0.1, 0.15) is 29.6 Å². The lowest BCUT2D eigenvalue weighted by Gasteiger charge is -2.50. The fourth-order valence-corrected chi connectivity index (χ4v) is 5.78. The zero-order chi connectivity index (χ0) is 40.8. The van der Waals surface area contributed by atoms with Gasteiger partial charge in [-0.1, -0.05) is 19.0 Å². The zero-order valence-corrected chi connectivity index (χ0v) is 30.9. The first-order valence-electron chi connectivity index (χ1n) is 15.7. The molecule has 2 unspecified atom stereocenters. The molecular formula is C29H38F3N8O12S2+. The largest absolute Gasteiger partial charge is 0.490 e. The van der Waals surface area contributed by atoms with E-state index in [0.29, 0.717) is 16.7 Å². The molecule has 2 aliphatic heterocycles. The van der Waals surface area contributed by atoms with Crippen molar-refractivity contribution in [3.63, 3.8) is 0 Å². The number of aromatic nitrogens is 3. The standard InChI is InChI=1S/C25H30N8O10S2.C2HF3O2.C2H6/c1-25(2)20(22(35)33(25)43-45(38,39)40)29-21(34)19(16-12-44-24(26)28-16)30-42-18(23(36)37)11-41-15-4-5-17-14(6-15)10-32(31(17)3)9-13-7-27-8-13;3-2(4,5)1(6)7;1-2/h4-6,10,12-13,18,20,27H,7-9,11H2,1-3H3,(H4-,26,28,29,34,36,37,38,39,40);(H,6,7);1-2H3/p+1/b30-19-;;. The number of carbonyl (C=O) groups is 4. The topological polar surface area (TPSA) is 278 Å². The molecule has 2 fully saturated rings. The summed E-state index contributed by atoms with van der Waals surface area (Å²) in [5, 5.41) is 29.0. The SMILES string of the molecule is CC.Cn1c2ccc(OCC(O/N=C(\C(=O)NC3C(=O)N(OS(=O)(=O)O)C3(C)C)c3csc(N)n3)C(=O)O)cc2c[n+]1CC1CNC1.O=C(O)C(F)(F)F. The fraction of sp³-hybridized carbons (Fsp3) is 0.483. The molecule has 2 saturated heterocycles. The van der Waals surface area contributed by atoms with Gasteiger partial charge in [0.25, 0.3) is 17.9 Å². The zero-order valence-electron chi connectivity index (χ0n) is 29.2. The number of rotatable bonds is 13. The Morgan fingerprint density at radius 2 is 1.87 bits per heavy atom. The summed E-state index contributed by atoms with van der Waals surface area (Å²) in [7, 11) is -3.05. The van der Waals surface area contributed by atoms with Crippen LogP contribution >= 0.6 is 11.3 Å². The molecule has 25 heteroatoms. The summed E-state index contributed by atoms with van der Waals surface area (Å²) in [5.74, 6) is -5.25. The highest BCUT2D eigenvalue weighted by molar-refractivity contribution is 7.80. The van der Waals surface area contributed by atoms with Crippen LogP contribution in [0.2, 0.25) is 0 Å². The molecule has 0 bridgehead atoms. The molecule has 0 radical (unpaired) electrons. The van der Waals surface area contributed by atoms with E-state index in [-0.39, 0.29) is 10.8 Å². The summed E-state index contributed by atoms with van der Waals surface area (Å²) in [5.41, 5.74) is 4.66. The molecule has 0 saturated carbocycles. The third kappa shape index (κ3) is 10.7. The summed E-state index contributed by atoms with van der Waals surface area (Å²) >= 11 is 0.968. The van der Waals surface area contributed by atoms with Crippen molar-refractivity contribution in [2.45, 2.75) is 58.1 Å². The Hall–Kier alpha value is -5.11. The first-order chi connectivity index (χ1) is 25.1. The number of hydrogen-bond acceptors (Lipinski definition) is 14. The van der Waals surface area contributed by atoms with Crippen molar-refractivity contribution in [1.82, 2.24) is 25.4 Å². The van der Waals surface area contributed by atoms with E-state index in [1.165, 1.54) is 19.2 Å². The number of anilines is 1. The summed E-state index contributed by atoms with van der Waals surface area (Å²) in [6, 6.07) is 4.01. The number of carbonyl (C=O) groups excluding carboxylic acids is 2. The molecule has 0 spiro atoms. The Morgan fingerprint density at radius 1 is 1.24 bits per heavy atom. The number of fused-ring (bicyclic) bond motifs is 1. The number of ether oxygens (including phenoxy) is 1. The van der Waals surface area contributed by atoms with Gasteiger partial charge in [-0.2, -0.15) is 31.3 Å². The van der Waals surface area contributed by atoms with E-state index in [9.17, 15) is 41.1 Å². The van der Waals surface area contributed by atoms with Gasteiger partial charge in [0.15, 0.2) is 17.4 Å². The van der Waals surface area contributed by atoms with Gasteiger partial charge in [-0.15, -0.1) is 20.3 Å². The van der Waals surface area contributed by atoms with Crippen molar-refractivity contribution in [2.75, 3.05) is 25.4 Å². The van der Waals surface area contributed by atoms with Crippen LogP contribution in [-0.2, 0) is 52.3 Å². The minimum absolute atomic E-state index is 0.0679. The summed E-state index contributed by atoms with van der Waals surface area (Å²) in [4.78, 5) is 55.8. The molecular weight excluding hydrogens is 773 g/mol. The maximum absolute atomic E-state index is 13.2. The number of amides is 2. The number of β-lactam (4-membered cyclic amide) rings is 1. The van der Waals surface area contributed by atoms with Gasteiger partial charge in [0, 0.05) is 24.4 Å². The van der Waals surface area contributed by atoms with Gasteiger partial charge in [0.2, 0.25) is 6.20 Å². The quantitative estimate of drug-likeness (QED) is 0.0450. The number of halogens is 3. The van der Waals surface area contributed by atoms with Gasteiger partial charge in [-0.05, 0) is 32.0 Å². The van der Waals surface area contributed by atoms with E-state index >= 15 is 0 Å². The molecule has 5 rings (SSSR count). The normalized spacial score (nSPS) is 17.5. The minimum atomic E-state index is -5.08. The number of nitrogens with one attached hydrogen (secondary N) is 2. The number of carboxylic acids is 2. The van der Waals surface area contributed by atoms with Gasteiger partial charge < -0.3 is 36.2 Å². The molecule has 54 heavy (non-hydrogen) atoms. The highest BCUT2D eigenvalue weighted by atomic mass is 32.3. The maximum atomic E-state index is 13.2. The van der Waals surface area contributed by atoms with E-state index in [2.05, 4.69) is 29.7 Å². The van der Waals surface area contributed by atoms with Gasteiger partial charge in [-0.3, -0.25) is 14.1 Å². The number of nitrogens with two attached hydrogens (primary N) is 1. The smallest absolute Gasteiger partial charge is 0.489 e. The number of aryl methyl sites for hydroxylation is 1. The van der Waals surface area contributed by atoms with Crippen LogP contribution in [0, 0.1) is 5.92 Å². The average molecular weight is 812 g/mol. The van der Waals surface area contributed by atoms with Gasteiger partial charge in [-0.25, -0.2) is 14.6 Å². The third-order valence-electron chi connectivity index (χ3n) is 7.62. The first-order valence-corrected chi connectivity index (χ1v) is 18.0. The van der Waals surface area contributed by atoms with E-state index in [0.717, 1.165) is 41.9 Å². The van der Waals surface area contributed by atoms with Crippen molar-refractivity contribution in [3.8, 4) is 5.75 Å². The molecule has 3 aromatic rings. The van der Waals surface area contributed by atoms with Crippen molar-refractivity contribution in [1.29, 1.82) is 0 Å². The lowest BCUT2D eigenvalue weighted by Crippen LogP contribution is -2.76. The molecule has 2 aromatic heterocycles. The molecule has 1 aromatic carbocycles. The molecule has 2 amide bonds. The number of carboxylic acid groups (broad SMARTS) is 2. The van der Waals surface area contributed by atoms with Crippen LogP contribution in [0.15, 0.2) is 34.9 Å². The van der Waals surface area contributed by atoms with Crippen molar-refractivity contribution >= 4 is 67.2 Å². The van der Waals surface area contributed by atoms with Crippen LogP contribution in [0.25, 0.3) is 10.9 Å². The number of benzene rings is 1. The van der Waals surface area contributed by atoms with Crippen molar-refractivity contribution in [2.24, 2.45) is 18.1 Å². The number of thiazole rings is 1. The molecule has 7 N–H and O–H groups in total. The summed E-state index contributed by atoms with van der Waals surface area (Å²) < 4.78 is 77.0. The van der Waals surface area contributed by atoms with E-state index in [1.54, 1.807) is 12.1 Å². The third-order valence-corrected chi connectivity index (χ3v) is 8.64. The maximum Gasteiger partial charge on any atom is 0.490 e. The number of alkyl halides is 3. The number of aliphatic carboxylic acids is 2. The first kappa shape index (κ1) is 43.3. The second kappa shape index (κ2) is 17.4. The Kier molecular flexibility index (Phi) is 13.9. The second-order valence-electron chi connectivity index (χ2n) is 11.8. The number of oxime groups is 1. The number of nitrogen functional groups attached to an aromatic ring is 1. The number of hydrogen-bond donors (Lipinski definition) is 6. The molecule has 2 aliphatic rings. The Labute approximate surface area is 309 Å². The van der Waals surface area contributed by atoms with Gasteiger partial charge in [0.05, 0.1) is 18.0 Å². The highest BCUT2D eigenvalue weighted by Gasteiger charge is 2.58. The average Bonchev–Trinajstić information content (AvgIpc) is 3.63. The van der Waals surface area contributed by atoms with E-state index in [1.807, 2.05) is 37.8 Å². The van der Waals surface area contributed by atoms with Crippen LogP contribution < -0.4 is 25.8 Å². The molecule has 0 aliphatic carbocycles. The molecule has 4 heterocycles. The summed E-state index contributed by atoms with van der Waals surface area (Å²) in [6.45, 7) is 9.04. The van der Waals surface area contributed by atoms with Crippen molar-refractivity contribution in [3.05, 3.63) is 35.5 Å². The van der Waals surface area contributed by atoms with E-state index < -0.39 is 70.3 Å². The monoisotopic (exact) mass is 811 g/mol. The predicted molar refractivity (Wildman–Crippen MR) is 181 cm³/mol. The Morgan fingerprint density at radius 3 is 2.35 bits per heavy atom. The number of hydroxylamine groups is 2. The molecule has 20 nitrogen and oxygen atoms in total. The predicted octanol–water partition coefficient (Wildman–Crippen LogP) is 0.476. The van der Waals surface area contributed by atoms with E-state index in [4.69, 9.17) is 29.8 Å². The Balaban J connectivity index is 0.000000783. The Bertz CT molecular complexity index is 2000. The van der Waals surface area contributed by atoms with Crippen LogP contribution in [-0.4, -0.2) is 111 Å². The lowest BCUT2D eigenvalue weighted by atomic mass is 9.84. The van der Waals surface area contributed by atoms with Gasteiger partial charge >= 0.3 is 28.5 Å². The second-order valence-corrected chi connectivity index (χ2v) is 13.7. The van der Waals surface area contributed by atoms with Crippen LogP contribution in [0.3, 0.4) is 0 Å². The number of nitrogens with zero attached hydrogens (tertiary/aromatic N) is 5. The fourth-order valence-electron chi connectivity index (χ4n) is 4.78. The molecule has 298 valence electrons. The minimum Gasteiger partial charge on any atom is -0.489 e. The van der Waals surface area contributed by atoms with Crippen LogP contribution in [0.1, 0.15) is 33.4 Å². The lowest BCUT2D eigenvalue weighted by molar-refractivity contribution is -0.776. The van der Waals surface area contributed by atoms with Crippen LogP contribution in [0.5, 0.6) is 5.75 Å². The highest BCUT2D eigenvalue weighted by Crippen LogP contribution is 2.33. The van der Waals surface area contributed by atoms with Crippen molar-refractivity contribution < 1.29 is 74.1 Å². The molecule has 2 atom stereocenters. The van der Waals surface area contributed by atoms with Crippen LogP contribution in [0.4, 0.5) is 18.3 Å². The summed E-state index contributed by atoms with van der Waals surface area (Å²) in [6.07, 6.45) is -4.76.